The quantitative estimate of drug-likeness (QED) is 0.908. The van der Waals surface area contributed by atoms with E-state index in [-0.39, 0.29) is 17.4 Å². The minimum Gasteiger partial charge on any atom is -0.353 e. The van der Waals surface area contributed by atoms with Crippen molar-refractivity contribution in [1.29, 1.82) is 0 Å². The van der Waals surface area contributed by atoms with Crippen molar-refractivity contribution in [3.63, 3.8) is 0 Å². The summed E-state index contributed by atoms with van der Waals surface area (Å²) in [5.74, 6) is 0.150. The van der Waals surface area contributed by atoms with Gasteiger partial charge >= 0.3 is 0 Å². The van der Waals surface area contributed by atoms with Crippen LogP contribution in [0.25, 0.3) is 0 Å². The van der Waals surface area contributed by atoms with E-state index >= 15 is 0 Å². The molecule has 1 aliphatic heterocycles. The predicted octanol–water partition coefficient (Wildman–Crippen LogP) is 3.08. The Morgan fingerprint density at radius 2 is 1.65 bits per heavy atom. The molecule has 2 aromatic carbocycles. The van der Waals surface area contributed by atoms with Gasteiger partial charge in [-0.25, -0.2) is 0 Å². The SMILES string of the molecule is CC1NC(=O)CC1(Cc1ccccc1)c1ccccc1. The van der Waals surface area contributed by atoms with E-state index in [9.17, 15) is 4.79 Å². The molecule has 2 aromatic rings. The van der Waals surface area contributed by atoms with Gasteiger partial charge in [-0.05, 0) is 24.5 Å². The molecule has 1 fully saturated rings. The van der Waals surface area contributed by atoms with Crippen molar-refractivity contribution in [2.24, 2.45) is 0 Å². The van der Waals surface area contributed by atoms with E-state index in [0.717, 1.165) is 6.42 Å². The molecule has 20 heavy (non-hydrogen) atoms. The highest BCUT2D eigenvalue weighted by Gasteiger charge is 2.45. The van der Waals surface area contributed by atoms with Gasteiger partial charge in [0.15, 0.2) is 0 Å². The Labute approximate surface area is 119 Å². The number of amides is 1. The van der Waals surface area contributed by atoms with Crippen LogP contribution in [0.15, 0.2) is 60.7 Å². The van der Waals surface area contributed by atoms with Crippen LogP contribution in [0.5, 0.6) is 0 Å². The number of carbonyl (C=O) groups is 1. The average Bonchev–Trinajstić information content (AvgIpc) is 2.76. The van der Waals surface area contributed by atoms with E-state index < -0.39 is 0 Å². The summed E-state index contributed by atoms with van der Waals surface area (Å²) in [7, 11) is 0. The number of carbonyl (C=O) groups excluding carboxylic acids is 1. The van der Waals surface area contributed by atoms with E-state index in [2.05, 4.69) is 60.8 Å². The smallest absolute Gasteiger partial charge is 0.221 e. The first-order chi connectivity index (χ1) is 9.71. The monoisotopic (exact) mass is 265 g/mol. The Kier molecular flexibility index (Phi) is 3.31. The lowest BCUT2D eigenvalue weighted by Crippen LogP contribution is -2.40. The summed E-state index contributed by atoms with van der Waals surface area (Å²) in [6, 6.07) is 21.0. The molecule has 1 aliphatic rings. The molecule has 2 atom stereocenters. The second kappa shape index (κ2) is 5.12. The molecule has 102 valence electrons. The summed E-state index contributed by atoms with van der Waals surface area (Å²) >= 11 is 0. The van der Waals surface area contributed by atoms with Crippen molar-refractivity contribution in [2.75, 3.05) is 0 Å². The highest BCUT2D eigenvalue weighted by atomic mass is 16.2. The fourth-order valence-corrected chi connectivity index (χ4v) is 3.27. The van der Waals surface area contributed by atoms with Crippen LogP contribution in [0.2, 0.25) is 0 Å². The van der Waals surface area contributed by atoms with Crippen LogP contribution in [0.3, 0.4) is 0 Å². The first-order valence-electron chi connectivity index (χ1n) is 7.09. The Bertz CT molecular complexity index is 593. The van der Waals surface area contributed by atoms with E-state index in [1.54, 1.807) is 0 Å². The van der Waals surface area contributed by atoms with Crippen molar-refractivity contribution < 1.29 is 4.79 Å². The lowest BCUT2D eigenvalue weighted by Gasteiger charge is -2.33. The van der Waals surface area contributed by atoms with E-state index in [4.69, 9.17) is 0 Å². The van der Waals surface area contributed by atoms with Gasteiger partial charge in [0.2, 0.25) is 5.91 Å². The van der Waals surface area contributed by atoms with E-state index in [1.807, 2.05) is 12.1 Å². The molecule has 0 aromatic heterocycles. The first kappa shape index (κ1) is 12.9. The van der Waals surface area contributed by atoms with Crippen molar-refractivity contribution in [1.82, 2.24) is 5.32 Å². The van der Waals surface area contributed by atoms with E-state index in [1.165, 1.54) is 11.1 Å². The molecule has 2 heteroatoms. The minimum atomic E-state index is -0.139. The second-order valence-corrected chi connectivity index (χ2v) is 5.65. The largest absolute Gasteiger partial charge is 0.353 e. The fraction of sp³-hybridized carbons (Fsp3) is 0.278. The molecule has 2 unspecified atom stereocenters. The fourth-order valence-electron chi connectivity index (χ4n) is 3.27. The highest BCUT2D eigenvalue weighted by Crippen LogP contribution is 2.39. The molecule has 3 rings (SSSR count). The normalized spacial score (nSPS) is 25.4. The third-order valence-corrected chi connectivity index (χ3v) is 4.39. The van der Waals surface area contributed by atoms with Crippen LogP contribution in [0.4, 0.5) is 0 Å². The molecule has 1 N–H and O–H groups in total. The zero-order chi connectivity index (χ0) is 14.0. The van der Waals surface area contributed by atoms with Gasteiger partial charge in [-0.3, -0.25) is 4.79 Å². The van der Waals surface area contributed by atoms with Gasteiger partial charge in [-0.15, -0.1) is 0 Å². The van der Waals surface area contributed by atoms with Crippen LogP contribution in [-0.2, 0) is 16.6 Å². The van der Waals surface area contributed by atoms with Gasteiger partial charge in [-0.2, -0.15) is 0 Å². The Hall–Kier alpha value is -2.09. The highest BCUT2D eigenvalue weighted by molar-refractivity contribution is 5.81. The first-order valence-corrected chi connectivity index (χ1v) is 7.09. The molecule has 0 aliphatic carbocycles. The van der Waals surface area contributed by atoms with Crippen molar-refractivity contribution in [3.8, 4) is 0 Å². The molecule has 1 heterocycles. The molecule has 0 saturated carbocycles. The lowest BCUT2D eigenvalue weighted by atomic mass is 9.70. The zero-order valence-corrected chi connectivity index (χ0v) is 11.7. The topological polar surface area (TPSA) is 29.1 Å². The number of hydrogen-bond acceptors (Lipinski definition) is 1. The molecule has 0 spiro atoms. The van der Waals surface area contributed by atoms with Crippen molar-refractivity contribution in [3.05, 3.63) is 71.8 Å². The van der Waals surface area contributed by atoms with Gasteiger partial charge in [0, 0.05) is 17.9 Å². The number of rotatable bonds is 3. The molecule has 0 radical (unpaired) electrons. The second-order valence-electron chi connectivity index (χ2n) is 5.65. The molecular formula is C18H19NO. The third-order valence-electron chi connectivity index (χ3n) is 4.39. The Morgan fingerprint density at radius 3 is 2.20 bits per heavy atom. The van der Waals surface area contributed by atoms with Gasteiger partial charge in [-0.1, -0.05) is 60.7 Å². The molecule has 0 bridgehead atoms. The van der Waals surface area contributed by atoms with Gasteiger partial charge in [0.05, 0.1) is 0 Å². The third kappa shape index (κ3) is 2.22. The number of hydrogen-bond donors (Lipinski definition) is 1. The Morgan fingerprint density at radius 1 is 1.05 bits per heavy atom. The summed E-state index contributed by atoms with van der Waals surface area (Å²) in [6.45, 7) is 2.11. The van der Waals surface area contributed by atoms with E-state index in [0.29, 0.717) is 6.42 Å². The van der Waals surface area contributed by atoms with Crippen LogP contribution in [-0.4, -0.2) is 11.9 Å². The maximum absolute atomic E-state index is 11.9. The minimum absolute atomic E-state index is 0.139. The van der Waals surface area contributed by atoms with Crippen LogP contribution < -0.4 is 5.32 Å². The predicted molar refractivity (Wildman–Crippen MR) is 80.5 cm³/mol. The summed E-state index contributed by atoms with van der Waals surface area (Å²) in [4.78, 5) is 11.9. The molecule has 2 nitrogen and oxygen atoms in total. The van der Waals surface area contributed by atoms with Crippen molar-refractivity contribution in [2.45, 2.75) is 31.2 Å². The van der Waals surface area contributed by atoms with Gasteiger partial charge < -0.3 is 5.32 Å². The molecule has 1 amide bonds. The molecular weight excluding hydrogens is 246 g/mol. The average molecular weight is 265 g/mol. The van der Waals surface area contributed by atoms with Crippen LogP contribution in [0.1, 0.15) is 24.5 Å². The van der Waals surface area contributed by atoms with Gasteiger partial charge in [0.1, 0.15) is 0 Å². The maximum atomic E-state index is 11.9. The number of nitrogens with one attached hydrogen (secondary N) is 1. The lowest BCUT2D eigenvalue weighted by molar-refractivity contribution is -0.119. The zero-order valence-electron chi connectivity index (χ0n) is 11.7. The van der Waals surface area contributed by atoms with Crippen LogP contribution in [0, 0.1) is 0 Å². The van der Waals surface area contributed by atoms with Crippen LogP contribution >= 0.6 is 0 Å². The molecule has 1 saturated heterocycles. The van der Waals surface area contributed by atoms with Crippen molar-refractivity contribution >= 4 is 5.91 Å². The maximum Gasteiger partial charge on any atom is 0.221 e. The van der Waals surface area contributed by atoms with Gasteiger partial charge in [0.25, 0.3) is 0 Å². The summed E-state index contributed by atoms with van der Waals surface area (Å²) in [5.41, 5.74) is 2.38. The summed E-state index contributed by atoms with van der Waals surface area (Å²) in [5, 5.41) is 3.09. The standard InChI is InChI=1S/C18H19NO/c1-14-18(13-17(20)19-14,16-10-6-3-7-11-16)12-15-8-4-2-5-9-15/h2-11,14H,12-13H2,1H3,(H,19,20). The summed E-state index contributed by atoms with van der Waals surface area (Å²) in [6.07, 6.45) is 1.45. The number of benzene rings is 2. The summed E-state index contributed by atoms with van der Waals surface area (Å²) < 4.78 is 0. The Balaban J connectivity index is 2.03.